The molecule has 1 aromatic rings. The fraction of sp³-hybridized carbons (Fsp3) is 0.562. The number of benzene rings is 1. The molecule has 2 heteroatoms. The Morgan fingerprint density at radius 2 is 1.67 bits per heavy atom. The maximum atomic E-state index is 10.7. The molecular formula is C16H22O2. The third-order valence-corrected chi connectivity index (χ3v) is 4.05. The minimum atomic E-state index is -0.770. The van der Waals surface area contributed by atoms with Gasteiger partial charge in [-0.15, -0.1) is 0 Å². The summed E-state index contributed by atoms with van der Waals surface area (Å²) in [6.45, 7) is 3.61. The molecule has 1 fully saturated rings. The molecule has 0 amide bonds. The van der Waals surface area contributed by atoms with Gasteiger partial charge in [0, 0.05) is 5.92 Å². The molecule has 2 nitrogen and oxygen atoms in total. The average molecular weight is 246 g/mol. The van der Waals surface area contributed by atoms with Crippen LogP contribution in [0.25, 0.3) is 0 Å². The quantitative estimate of drug-likeness (QED) is 0.830. The summed E-state index contributed by atoms with van der Waals surface area (Å²) in [6, 6.07) is 8.28. The summed E-state index contributed by atoms with van der Waals surface area (Å²) in [7, 11) is 0. The monoisotopic (exact) mass is 246 g/mol. The van der Waals surface area contributed by atoms with Gasteiger partial charge in [0.25, 0.3) is 0 Å². The Bertz CT molecular complexity index is 392. The van der Waals surface area contributed by atoms with Crippen LogP contribution in [0.2, 0.25) is 0 Å². The summed E-state index contributed by atoms with van der Waals surface area (Å²) in [5.41, 5.74) is 1.52. The molecule has 1 saturated carbocycles. The van der Waals surface area contributed by atoms with E-state index in [2.05, 4.69) is 12.1 Å². The third-order valence-electron chi connectivity index (χ3n) is 4.05. The van der Waals surface area contributed by atoms with Crippen LogP contribution in [0, 0.1) is 5.92 Å². The topological polar surface area (TPSA) is 37.3 Å². The SMILES string of the molecule is CC(C)(O)c1ccc(C2CCC(C=O)CC2)cc1. The molecule has 0 radical (unpaired) electrons. The van der Waals surface area contributed by atoms with E-state index in [4.69, 9.17) is 0 Å². The minimum absolute atomic E-state index is 0.275. The van der Waals surface area contributed by atoms with Gasteiger partial charge in [-0.1, -0.05) is 24.3 Å². The van der Waals surface area contributed by atoms with E-state index < -0.39 is 5.60 Å². The summed E-state index contributed by atoms with van der Waals surface area (Å²) < 4.78 is 0. The maximum absolute atomic E-state index is 10.7. The van der Waals surface area contributed by atoms with Crippen molar-refractivity contribution in [3.8, 4) is 0 Å². The van der Waals surface area contributed by atoms with E-state index >= 15 is 0 Å². The number of hydrogen-bond acceptors (Lipinski definition) is 2. The first-order valence-electron chi connectivity index (χ1n) is 6.79. The number of carbonyl (C=O) groups is 1. The molecule has 0 aliphatic heterocycles. The third kappa shape index (κ3) is 2.99. The van der Waals surface area contributed by atoms with E-state index in [0.717, 1.165) is 37.5 Å². The maximum Gasteiger partial charge on any atom is 0.123 e. The number of hydrogen-bond donors (Lipinski definition) is 1. The molecule has 1 N–H and O–H groups in total. The van der Waals surface area contributed by atoms with Gasteiger partial charge in [-0.2, -0.15) is 0 Å². The smallest absolute Gasteiger partial charge is 0.123 e. The van der Waals surface area contributed by atoms with Gasteiger partial charge in [-0.25, -0.2) is 0 Å². The molecule has 18 heavy (non-hydrogen) atoms. The van der Waals surface area contributed by atoms with Crippen LogP contribution in [0.1, 0.15) is 56.6 Å². The van der Waals surface area contributed by atoms with Crippen molar-refractivity contribution >= 4 is 6.29 Å². The Morgan fingerprint density at radius 1 is 1.11 bits per heavy atom. The lowest BCUT2D eigenvalue weighted by Crippen LogP contribution is -2.16. The van der Waals surface area contributed by atoms with Crippen LogP contribution in [-0.2, 0) is 10.4 Å². The van der Waals surface area contributed by atoms with Gasteiger partial charge in [0.05, 0.1) is 5.60 Å². The lowest BCUT2D eigenvalue weighted by molar-refractivity contribution is -0.111. The van der Waals surface area contributed by atoms with Crippen LogP contribution in [-0.4, -0.2) is 11.4 Å². The first-order chi connectivity index (χ1) is 8.50. The van der Waals surface area contributed by atoms with Crippen molar-refractivity contribution in [1.29, 1.82) is 0 Å². The normalized spacial score (nSPS) is 24.8. The lowest BCUT2D eigenvalue weighted by atomic mass is 9.79. The van der Waals surface area contributed by atoms with Crippen LogP contribution >= 0.6 is 0 Å². The van der Waals surface area contributed by atoms with Gasteiger partial charge in [-0.05, 0) is 56.6 Å². The molecule has 0 heterocycles. The Balaban J connectivity index is 2.05. The molecule has 0 unspecified atom stereocenters. The fourth-order valence-electron chi connectivity index (χ4n) is 2.75. The van der Waals surface area contributed by atoms with Gasteiger partial charge in [0.1, 0.15) is 6.29 Å². The van der Waals surface area contributed by atoms with Crippen molar-refractivity contribution in [2.24, 2.45) is 5.92 Å². The highest BCUT2D eigenvalue weighted by Crippen LogP contribution is 2.35. The number of aldehydes is 1. The van der Waals surface area contributed by atoms with Crippen molar-refractivity contribution in [3.63, 3.8) is 0 Å². The van der Waals surface area contributed by atoms with Crippen LogP contribution in [0.3, 0.4) is 0 Å². The molecule has 1 aliphatic carbocycles. The summed E-state index contributed by atoms with van der Waals surface area (Å²) >= 11 is 0. The number of aliphatic hydroxyl groups is 1. The van der Waals surface area contributed by atoms with Crippen LogP contribution in [0.15, 0.2) is 24.3 Å². The van der Waals surface area contributed by atoms with Crippen molar-refractivity contribution < 1.29 is 9.90 Å². The molecule has 98 valence electrons. The van der Waals surface area contributed by atoms with Crippen molar-refractivity contribution in [1.82, 2.24) is 0 Å². The summed E-state index contributed by atoms with van der Waals surface area (Å²) in [5.74, 6) is 0.856. The second-order valence-corrected chi connectivity index (χ2v) is 5.93. The second-order valence-electron chi connectivity index (χ2n) is 5.93. The Labute approximate surface area is 109 Å². The number of carbonyl (C=O) groups excluding carboxylic acids is 1. The van der Waals surface area contributed by atoms with Gasteiger partial charge >= 0.3 is 0 Å². The van der Waals surface area contributed by atoms with Crippen LogP contribution in [0.4, 0.5) is 0 Å². The van der Waals surface area contributed by atoms with E-state index in [1.165, 1.54) is 5.56 Å². The summed E-state index contributed by atoms with van der Waals surface area (Å²) in [5, 5.41) is 9.92. The van der Waals surface area contributed by atoms with E-state index in [0.29, 0.717) is 5.92 Å². The molecule has 0 atom stereocenters. The zero-order valence-corrected chi connectivity index (χ0v) is 11.2. The molecule has 0 aromatic heterocycles. The number of rotatable bonds is 3. The van der Waals surface area contributed by atoms with Gasteiger partial charge in [0.15, 0.2) is 0 Å². The van der Waals surface area contributed by atoms with E-state index in [-0.39, 0.29) is 5.92 Å². The van der Waals surface area contributed by atoms with Crippen molar-refractivity contribution in [2.75, 3.05) is 0 Å². The first kappa shape index (κ1) is 13.3. The fourth-order valence-corrected chi connectivity index (χ4v) is 2.75. The van der Waals surface area contributed by atoms with E-state index in [1.807, 2.05) is 12.1 Å². The largest absolute Gasteiger partial charge is 0.386 e. The predicted octanol–water partition coefficient (Wildman–Crippen LogP) is 3.39. The highest BCUT2D eigenvalue weighted by atomic mass is 16.3. The van der Waals surface area contributed by atoms with Crippen molar-refractivity contribution in [2.45, 2.75) is 51.0 Å². The van der Waals surface area contributed by atoms with Gasteiger partial charge < -0.3 is 9.90 Å². The van der Waals surface area contributed by atoms with Crippen LogP contribution in [0.5, 0.6) is 0 Å². The van der Waals surface area contributed by atoms with E-state index in [1.54, 1.807) is 13.8 Å². The molecule has 1 aromatic carbocycles. The average Bonchev–Trinajstić information content (AvgIpc) is 2.38. The zero-order valence-electron chi connectivity index (χ0n) is 11.2. The van der Waals surface area contributed by atoms with Crippen molar-refractivity contribution in [3.05, 3.63) is 35.4 Å². The summed E-state index contributed by atoms with van der Waals surface area (Å²) in [4.78, 5) is 10.7. The first-order valence-corrected chi connectivity index (χ1v) is 6.79. The molecule has 2 rings (SSSR count). The second kappa shape index (κ2) is 5.23. The molecule has 0 saturated heterocycles. The lowest BCUT2D eigenvalue weighted by Gasteiger charge is -2.26. The molecule has 0 bridgehead atoms. The zero-order chi connectivity index (χ0) is 13.2. The Morgan fingerprint density at radius 3 is 2.11 bits per heavy atom. The Hall–Kier alpha value is -1.15. The Kier molecular flexibility index (Phi) is 3.86. The summed E-state index contributed by atoms with van der Waals surface area (Å²) in [6.07, 6.45) is 5.34. The van der Waals surface area contributed by atoms with Crippen LogP contribution < -0.4 is 0 Å². The minimum Gasteiger partial charge on any atom is -0.386 e. The molecule has 0 spiro atoms. The highest BCUT2D eigenvalue weighted by molar-refractivity contribution is 5.53. The van der Waals surface area contributed by atoms with Gasteiger partial charge in [-0.3, -0.25) is 0 Å². The standard InChI is InChI=1S/C16H22O2/c1-16(2,18)15-9-7-14(8-10-15)13-5-3-12(11-17)4-6-13/h7-13,18H,3-6H2,1-2H3. The molecular weight excluding hydrogens is 224 g/mol. The predicted molar refractivity (Wildman–Crippen MR) is 72.4 cm³/mol. The van der Waals surface area contributed by atoms with E-state index in [9.17, 15) is 9.90 Å². The highest BCUT2D eigenvalue weighted by Gasteiger charge is 2.22. The molecule has 1 aliphatic rings. The van der Waals surface area contributed by atoms with Gasteiger partial charge in [0.2, 0.25) is 0 Å².